The molecule has 0 aromatic carbocycles. The highest BCUT2D eigenvalue weighted by Gasteiger charge is 2.58. The van der Waals surface area contributed by atoms with E-state index in [1.54, 1.807) is 20.8 Å². The summed E-state index contributed by atoms with van der Waals surface area (Å²) in [7, 11) is -4.63. The fourth-order valence-corrected chi connectivity index (χ4v) is 3.12. The molecule has 1 heterocycles. The van der Waals surface area contributed by atoms with E-state index in [1.807, 2.05) is 0 Å². The average molecular weight is 338 g/mol. The van der Waals surface area contributed by atoms with Crippen molar-refractivity contribution >= 4 is 19.5 Å². The van der Waals surface area contributed by atoms with Gasteiger partial charge in [-0.25, -0.2) is 9.69 Å². The summed E-state index contributed by atoms with van der Waals surface area (Å²) in [6.45, 7) is 6.40. The maximum absolute atomic E-state index is 12.6. The second-order valence-electron chi connectivity index (χ2n) is 5.16. The Morgan fingerprint density at radius 3 is 2.05 bits per heavy atom. The lowest BCUT2D eigenvalue weighted by Crippen LogP contribution is -2.59. The normalized spacial score (nSPS) is 23.1. The van der Waals surface area contributed by atoms with Crippen LogP contribution in [0, 0.1) is 0 Å². The first kappa shape index (κ1) is 19.1. The summed E-state index contributed by atoms with van der Waals surface area (Å²) in [6, 6.07) is -0.801. The van der Waals surface area contributed by atoms with Crippen molar-refractivity contribution in [2.45, 2.75) is 45.6 Å². The van der Waals surface area contributed by atoms with E-state index in [0.717, 1.165) is 0 Å². The minimum absolute atomic E-state index is 0.0000999. The fourth-order valence-electron chi connectivity index (χ4n) is 2.28. The topological polar surface area (TPSA) is 125 Å². The van der Waals surface area contributed by atoms with Crippen LogP contribution in [-0.2, 0) is 18.8 Å². The van der Waals surface area contributed by atoms with Crippen molar-refractivity contribution < 1.29 is 33.4 Å². The zero-order valence-corrected chi connectivity index (χ0v) is 14.1. The van der Waals surface area contributed by atoms with Crippen LogP contribution in [0.3, 0.4) is 0 Å². The maximum Gasteiger partial charge on any atom is 0.333 e. The number of urea groups is 1. The lowest BCUT2D eigenvalue weighted by molar-refractivity contribution is -0.278. The number of nitrogens with one attached hydrogen (secondary N) is 1. The SMILES string of the molecule is CCOC(CP(=O)(O)O)(OCC)N1C(=O)NC(C)(CC)C1=O. The van der Waals surface area contributed by atoms with E-state index < -0.39 is 37.1 Å². The molecule has 1 rings (SSSR count). The van der Waals surface area contributed by atoms with Gasteiger partial charge in [0.15, 0.2) is 0 Å². The van der Waals surface area contributed by atoms with Gasteiger partial charge in [0.25, 0.3) is 11.8 Å². The third-order valence-corrected chi connectivity index (χ3v) is 4.27. The first-order valence-electron chi connectivity index (χ1n) is 7.04. The highest BCUT2D eigenvalue weighted by Crippen LogP contribution is 2.43. The van der Waals surface area contributed by atoms with Gasteiger partial charge < -0.3 is 24.6 Å². The Hall–Kier alpha value is -0.990. The van der Waals surface area contributed by atoms with Crippen LogP contribution in [0.2, 0.25) is 0 Å². The van der Waals surface area contributed by atoms with Crippen LogP contribution in [0.4, 0.5) is 4.79 Å². The summed E-state index contributed by atoms with van der Waals surface area (Å²) >= 11 is 0. The maximum atomic E-state index is 12.6. The Bertz CT molecular complexity index is 486. The Labute approximate surface area is 129 Å². The smallest absolute Gasteiger partial charge is 0.332 e. The molecule has 0 saturated carbocycles. The minimum Gasteiger partial charge on any atom is -0.332 e. The van der Waals surface area contributed by atoms with Crippen LogP contribution in [-0.4, -0.2) is 57.5 Å². The van der Waals surface area contributed by atoms with Crippen molar-refractivity contribution in [3.63, 3.8) is 0 Å². The van der Waals surface area contributed by atoms with Crippen LogP contribution in [0.5, 0.6) is 0 Å². The van der Waals surface area contributed by atoms with Crippen molar-refractivity contribution in [1.29, 1.82) is 0 Å². The molecule has 0 aromatic rings. The van der Waals surface area contributed by atoms with Gasteiger partial charge in [0.1, 0.15) is 11.7 Å². The molecular formula is C12H23N2O7P. The van der Waals surface area contributed by atoms with Gasteiger partial charge in [0, 0.05) is 13.2 Å². The highest BCUT2D eigenvalue weighted by atomic mass is 31.2. The quantitative estimate of drug-likeness (QED) is 0.336. The molecule has 3 N–H and O–H groups in total. The number of imide groups is 1. The van der Waals surface area contributed by atoms with Gasteiger partial charge in [-0.3, -0.25) is 9.36 Å². The van der Waals surface area contributed by atoms with E-state index >= 15 is 0 Å². The zero-order chi connectivity index (χ0) is 17.2. The number of amides is 3. The third kappa shape index (κ3) is 3.67. The van der Waals surface area contributed by atoms with E-state index in [2.05, 4.69) is 5.32 Å². The van der Waals surface area contributed by atoms with E-state index in [4.69, 9.17) is 9.47 Å². The van der Waals surface area contributed by atoms with Crippen molar-refractivity contribution in [3.05, 3.63) is 0 Å². The van der Waals surface area contributed by atoms with E-state index in [-0.39, 0.29) is 13.2 Å². The lowest BCUT2D eigenvalue weighted by atomic mass is 9.99. The molecule has 0 aliphatic carbocycles. The van der Waals surface area contributed by atoms with Gasteiger partial charge in [-0.05, 0) is 27.2 Å². The molecule has 1 fully saturated rings. The summed E-state index contributed by atoms with van der Waals surface area (Å²) in [5, 5.41) is 2.51. The molecule has 0 spiro atoms. The summed E-state index contributed by atoms with van der Waals surface area (Å²) in [6.07, 6.45) is -0.612. The Balaban J connectivity index is 3.34. The van der Waals surface area contributed by atoms with Gasteiger partial charge in [-0.15, -0.1) is 0 Å². The molecule has 9 nitrogen and oxygen atoms in total. The molecule has 1 unspecified atom stereocenters. The van der Waals surface area contributed by atoms with Crippen molar-refractivity contribution in [2.75, 3.05) is 19.4 Å². The Morgan fingerprint density at radius 1 is 1.23 bits per heavy atom. The summed E-state index contributed by atoms with van der Waals surface area (Å²) < 4.78 is 22.1. The first-order chi connectivity index (χ1) is 10.0. The van der Waals surface area contributed by atoms with E-state index in [1.165, 1.54) is 6.92 Å². The minimum atomic E-state index is -4.63. The molecule has 0 bridgehead atoms. The molecule has 1 atom stereocenters. The summed E-state index contributed by atoms with van der Waals surface area (Å²) in [5.41, 5.74) is -1.16. The molecule has 10 heteroatoms. The number of hydrogen-bond acceptors (Lipinski definition) is 5. The number of rotatable bonds is 8. The fraction of sp³-hybridized carbons (Fsp3) is 0.833. The number of ether oxygens (including phenoxy) is 2. The summed E-state index contributed by atoms with van der Waals surface area (Å²) in [4.78, 5) is 44.1. The average Bonchev–Trinajstić information content (AvgIpc) is 2.59. The number of carbonyl (C=O) groups excluding carboxylic acids is 2. The molecule has 1 aliphatic rings. The molecule has 3 amide bonds. The Kier molecular flexibility index (Phi) is 5.75. The lowest BCUT2D eigenvalue weighted by Gasteiger charge is -2.38. The van der Waals surface area contributed by atoms with Gasteiger partial charge in [0.2, 0.25) is 0 Å². The molecular weight excluding hydrogens is 315 g/mol. The largest absolute Gasteiger partial charge is 0.333 e. The van der Waals surface area contributed by atoms with Crippen LogP contribution in [0.1, 0.15) is 34.1 Å². The molecule has 1 saturated heterocycles. The van der Waals surface area contributed by atoms with Crippen LogP contribution in [0.25, 0.3) is 0 Å². The summed E-state index contributed by atoms with van der Waals surface area (Å²) in [5.74, 6) is -2.77. The predicted octanol–water partition coefficient (Wildman–Crippen LogP) is 0.611. The molecule has 1 aliphatic heterocycles. The van der Waals surface area contributed by atoms with E-state index in [9.17, 15) is 23.9 Å². The van der Waals surface area contributed by atoms with Gasteiger partial charge >= 0.3 is 13.6 Å². The third-order valence-electron chi connectivity index (χ3n) is 3.45. The highest BCUT2D eigenvalue weighted by molar-refractivity contribution is 7.51. The second kappa shape index (κ2) is 6.64. The van der Waals surface area contributed by atoms with Crippen LogP contribution >= 0.6 is 7.60 Å². The van der Waals surface area contributed by atoms with Gasteiger partial charge in [0.05, 0.1) is 0 Å². The van der Waals surface area contributed by atoms with E-state index in [0.29, 0.717) is 11.3 Å². The zero-order valence-electron chi connectivity index (χ0n) is 13.2. The number of nitrogens with zero attached hydrogens (tertiary/aromatic N) is 1. The number of hydrogen-bond donors (Lipinski definition) is 3. The number of carbonyl (C=O) groups is 2. The van der Waals surface area contributed by atoms with Gasteiger partial charge in [-0.1, -0.05) is 6.92 Å². The van der Waals surface area contributed by atoms with Crippen LogP contribution < -0.4 is 5.32 Å². The molecule has 0 aromatic heterocycles. The van der Waals surface area contributed by atoms with Crippen molar-refractivity contribution in [3.8, 4) is 0 Å². The standard InChI is InChI=1S/C12H23N2O7P/c1-5-11(4)9(15)14(10(16)13-11)12(20-6-2,21-7-3)8-22(17,18)19/h5-8H2,1-4H3,(H,13,16)(H2,17,18,19). The molecule has 0 radical (unpaired) electrons. The van der Waals surface area contributed by atoms with Crippen molar-refractivity contribution in [2.24, 2.45) is 0 Å². The van der Waals surface area contributed by atoms with Crippen LogP contribution in [0.15, 0.2) is 0 Å². The monoisotopic (exact) mass is 338 g/mol. The van der Waals surface area contributed by atoms with Gasteiger partial charge in [-0.2, -0.15) is 0 Å². The predicted molar refractivity (Wildman–Crippen MR) is 77.0 cm³/mol. The van der Waals surface area contributed by atoms with Crippen molar-refractivity contribution in [1.82, 2.24) is 10.2 Å². The Morgan fingerprint density at radius 2 is 1.73 bits per heavy atom. The second-order valence-corrected chi connectivity index (χ2v) is 6.80. The molecule has 22 heavy (non-hydrogen) atoms. The molecule has 128 valence electrons. The first-order valence-corrected chi connectivity index (χ1v) is 8.84.